The van der Waals surface area contributed by atoms with Crippen LogP contribution in [0.4, 0.5) is 0 Å². The Morgan fingerprint density at radius 2 is 1.40 bits per heavy atom. The molecule has 0 saturated carbocycles. The Bertz CT molecular complexity index is 362. The van der Waals surface area contributed by atoms with E-state index in [9.17, 15) is 0 Å². The molecule has 1 aromatic carbocycles. The number of rotatable bonds is 10. The first-order chi connectivity index (χ1) is 9.69. The van der Waals surface area contributed by atoms with Gasteiger partial charge >= 0.3 is 0 Å². The molecule has 0 atom stereocenters. The third-order valence-electron chi connectivity index (χ3n) is 2.80. The number of ether oxygens (including phenoxy) is 3. The smallest absolute Gasteiger partial charge is 0.156 e. The maximum atomic E-state index is 6.05. The van der Waals surface area contributed by atoms with Crippen LogP contribution in [-0.4, -0.2) is 58.6 Å². The van der Waals surface area contributed by atoms with Gasteiger partial charge in [0.15, 0.2) is 5.75 Å². The molecule has 1 aromatic rings. The Balaban J connectivity index is 2.42. The SMILES string of the molecule is COCCN(CCOC)CCOc1c(Cl)cccc1Cl. The van der Waals surface area contributed by atoms with E-state index in [1.165, 1.54) is 0 Å². The maximum absolute atomic E-state index is 6.05. The van der Waals surface area contributed by atoms with Gasteiger partial charge in [0.25, 0.3) is 0 Å². The molecule has 0 radical (unpaired) electrons. The summed E-state index contributed by atoms with van der Waals surface area (Å²) in [7, 11) is 3.38. The monoisotopic (exact) mass is 321 g/mol. The third-order valence-corrected chi connectivity index (χ3v) is 3.39. The first-order valence-corrected chi connectivity index (χ1v) is 7.21. The summed E-state index contributed by atoms with van der Waals surface area (Å²) in [5.41, 5.74) is 0. The van der Waals surface area contributed by atoms with Gasteiger partial charge in [0, 0.05) is 33.9 Å². The standard InChI is InChI=1S/C14H21Cl2NO3/c1-18-9-6-17(7-10-19-2)8-11-20-14-12(15)4-3-5-13(14)16/h3-5H,6-11H2,1-2H3. The fourth-order valence-electron chi connectivity index (χ4n) is 1.67. The van der Waals surface area contributed by atoms with Crippen LogP contribution in [-0.2, 0) is 9.47 Å². The second-order valence-corrected chi connectivity index (χ2v) is 5.04. The lowest BCUT2D eigenvalue weighted by Crippen LogP contribution is -2.34. The van der Waals surface area contributed by atoms with E-state index in [1.807, 2.05) is 0 Å². The van der Waals surface area contributed by atoms with Crippen LogP contribution in [0.2, 0.25) is 10.0 Å². The van der Waals surface area contributed by atoms with Gasteiger partial charge in [0.05, 0.1) is 23.3 Å². The second-order valence-electron chi connectivity index (χ2n) is 4.23. The van der Waals surface area contributed by atoms with Crippen LogP contribution >= 0.6 is 23.2 Å². The second kappa shape index (κ2) is 10.2. The van der Waals surface area contributed by atoms with Crippen molar-refractivity contribution in [3.05, 3.63) is 28.2 Å². The van der Waals surface area contributed by atoms with Gasteiger partial charge in [0.2, 0.25) is 0 Å². The van der Waals surface area contributed by atoms with Gasteiger partial charge in [-0.15, -0.1) is 0 Å². The van der Waals surface area contributed by atoms with Crippen molar-refractivity contribution in [2.45, 2.75) is 0 Å². The van der Waals surface area contributed by atoms with Crippen LogP contribution in [0.15, 0.2) is 18.2 Å². The van der Waals surface area contributed by atoms with E-state index in [0.717, 1.165) is 19.6 Å². The first-order valence-electron chi connectivity index (χ1n) is 6.46. The molecule has 0 spiro atoms. The molecule has 0 fully saturated rings. The summed E-state index contributed by atoms with van der Waals surface area (Å²) in [5.74, 6) is 0.536. The first kappa shape index (κ1) is 17.5. The average molecular weight is 322 g/mol. The zero-order valence-corrected chi connectivity index (χ0v) is 13.4. The number of hydrogen-bond acceptors (Lipinski definition) is 4. The Kier molecular flexibility index (Phi) is 8.98. The number of hydrogen-bond donors (Lipinski definition) is 0. The Morgan fingerprint density at radius 1 is 0.900 bits per heavy atom. The highest BCUT2D eigenvalue weighted by Crippen LogP contribution is 2.32. The van der Waals surface area contributed by atoms with Crippen molar-refractivity contribution in [1.82, 2.24) is 4.90 Å². The minimum atomic E-state index is 0.511. The predicted molar refractivity (Wildman–Crippen MR) is 82.1 cm³/mol. The predicted octanol–water partition coefficient (Wildman–Crippen LogP) is 2.97. The molecule has 0 amide bonds. The van der Waals surface area contributed by atoms with Gasteiger partial charge in [-0.25, -0.2) is 0 Å². The lowest BCUT2D eigenvalue weighted by atomic mass is 10.3. The van der Waals surface area contributed by atoms with E-state index >= 15 is 0 Å². The molecule has 0 unspecified atom stereocenters. The zero-order chi connectivity index (χ0) is 14.8. The lowest BCUT2D eigenvalue weighted by Gasteiger charge is -2.21. The molecule has 0 bridgehead atoms. The Hall–Kier alpha value is -0.520. The van der Waals surface area contributed by atoms with Gasteiger partial charge in [0.1, 0.15) is 6.61 Å². The maximum Gasteiger partial charge on any atom is 0.156 e. The number of benzene rings is 1. The summed E-state index contributed by atoms with van der Waals surface area (Å²) in [5, 5.41) is 1.05. The van der Waals surface area contributed by atoms with Crippen molar-refractivity contribution in [1.29, 1.82) is 0 Å². The summed E-state index contributed by atoms with van der Waals surface area (Å²) in [6, 6.07) is 5.31. The summed E-state index contributed by atoms with van der Waals surface area (Å²) in [6.45, 7) is 4.29. The molecule has 20 heavy (non-hydrogen) atoms. The minimum Gasteiger partial charge on any atom is -0.489 e. The van der Waals surface area contributed by atoms with Crippen LogP contribution in [0.1, 0.15) is 0 Å². The van der Waals surface area contributed by atoms with E-state index < -0.39 is 0 Å². The summed E-state index contributed by atoms with van der Waals surface area (Å²) in [4.78, 5) is 2.21. The topological polar surface area (TPSA) is 30.9 Å². The molecular formula is C14H21Cl2NO3. The van der Waals surface area contributed by atoms with Crippen molar-refractivity contribution < 1.29 is 14.2 Å². The molecule has 0 heterocycles. The number of halogens is 2. The van der Waals surface area contributed by atoms with Crippen molar-refractivity contribution in [2.75, 3.05) is 53.7 Å². The lowest BCUT2D eigenvalue weighted by molar-refractivity contribution is 0.104. The van der Waals surface area contributed by atoms with Gasteiger partial charge < -0.3 is 14.2 Å². The van der Waals surface area contributed by atoms with Gasteiger partial charge in [-0.05, 0) is 12.1 Å². The van der Waals surface area contributed by atoms with Crippen molar-refractivity contribution >= 4 is 23.2 Å². The molecule has 0 aliphatic carbocycles. The number of methoxy groups -OCH3 is 2. The zero-order valence-electron chi connectivity index (χ0n) is 11.9. The van der Waals surface area contributed by atoms with E-state index in [2.05, 4.69) is 4.90 Å². The molecule has 0 N–H and O–H groups in total. The van der Waals surface area contributed by atoms with E-state index in [4.69, 9.17) is 37.4 Å². The quantitative estimate of drug-likeness (QED) is 0.663. The van der Waals surface area contributed by atoms with E-state index in [-0.39, 0.29) is 0 Å². The highest BCUT2D eigenvalue weighted by molar-refractivity contribution is 6.37. The summed E-state index contributed by atoms with van der Waals surface area (Å²) >= 11 is 12.1. The highest BCUT2D eigenvalue weighted by atomic mass is 35.5. The molecule has 1 rings (SSSR count). The van der Waals surface area contributed by atoms with Crippen LogP contribution in [0.5, 0.6) is 5.75 Å². The van der Waals surface area contributed by atoms with Crippen LogP contribution in [0.3, 0.4) is 0 Å². The minimum absolute atomic E-state index is 0.511. The van der Waals surface area contributed by atoms with Crippen LogP contribution < -0.4 is 4.74 Å². The average Bonchev–Trinajstić information content (AvgIpc) is 2.44. The van der Waals surface area contributed by atoms with E-state index in [1.54, 1.807) is 32.4 Å². The number of nitrogens with zero attached hydrogens (tertiary/aromatic N) is 1. The molecule has 6 heteroatoms. The molecular weight excluding hydrogens is 301 g/mol. The molecule has 4 nitrogen and oxygen atoms in total. The fraction of sp³-hybridized carbons (Fsp3) is 0.571. The highest BCUT2D eigenvalue weighted by Gasteiger charge is 2.08. The molecule has 0 aliphatic heterocycles. The number of para-hydroxylation sites is 1. The molecule has 0 aliphatic rings. The normalized spacial score (nSPS) is 11.1. The Morgan fingerprint density at radius 3 is 1.90 bits per heavy atom. The van der Waals surface area contributed by atoms with Crippen LogP contribution in [0, 0.1) is 0 Å². The summed E-state index contributed by atoms with van der Waals surface area (Å²) in [6.07, 6.45) is 0. The largest absolute Gasteiger partial charge is 0.489 e. The molecule has 0 saturated heterocycles. The summed E-state index contributed by atoms with van der Waals surface area (Å²) < 4.78 is 15.9. The fourth-order valence-corrected chi connectivity index (χ4v) is 2.18. The van der Waals surface area contributed by atoms with Crippen molar-refractivity contribution in [2.24, 2.45) is 0 Å². The van der Waals surface area contributed by atoms with Gasteiger partial charge in [-0.1, -0.05) is 29.3 Å². The third kappa shape index (κ3) is 6.29. The molecule has 0 aromatic heterocycles. The van der Waals surface area contributed by atoms with Crippen LogP contribution in [0.25, 0.3) is 0 Å². The van der Waals surface area contributed by atoms with Crippen molar-refractivity contribution in [3.8, 4) is 5.75 Å². The van der Waals surface area contributed by atoms with E-state index in [0.29, 0.717) is 35.6 Å². The van der Waals surface area contributed by atoms with Gasteiger partial charge in [-0.2, -0.15) is 0 Å². The molecule has 114 valence electrons. The van der Waals surface area contributed by atoms with Crippen molar-refractivity contribution in [3.63, 3.8) is 0 Å². The van der Waals surface area contributed by atoms with Gasteiger partial charge in [-0.3, -0.25) is 4.90 Å². The Labute approximate surface area is 130 Å².